The minimum Gasteiger partial charge on any atom is -0.457 e. The van der Waals surface area contributed by atoms with Gasteiger partial charge in [0.15, 0.2) is 5.65 Å². The second-order valence-corrected chi connectivity index (χ2v) is 12.4. The largest absolute Gasteiger partial charge is 0.457 e. The van der Waals surface area contributed by atoms with E-state index in [1.165, 1.54) is 12.4 Å². The zero-order chi connectivity index (χ0) is 32.3. The number of ether oxygens (including phenoxy) is 2. The number of aromatic nitrogens is 4. The molecule has 4 heterocycles. The first-order valence-electron chi connectivity index (χ1n) is 15.5. The number of rotatable bonds is 9. The van der Waals surface area contributed by atoms with Gasteiger partial charge in [0.05, 0.1) is 31.2 Å². The molecule has 1 amide bonds. The average Bonchev–Trinajstić information content (AvgIpc) is 3.66. The van der Waals surface area contributed by atoms with Gasteiger partial charge in [0.25, 0.3) is 5.91 Å². The Morgan fingerprint density at radius 1 is 1.15 bits per heavy atom. The number of halogens is 1. The van der Waals surface area contributed by atoms with Crippen molar-refractivity contribution in [2.45, 2.75) is 39.3 Å². The Labute approximate surface area is 267 Å². The summed E-state index contributed by atoms with van der Waals surface area (Å²) >= 11 is 0. The lowest BCUT2D eigenvalue weighted by atomic mass is 9.89. The fourth-order valence-corrected chi connectivity index (χ4v) is 6.28. The highest BCUT2D eigenvalue weighted by Gasteiger charge is 2.34. The molecule has 1 atom stereocenters. The fraction of sp³-hybridized carbons (Fsp3) is 0.382. The van der Waals surface area contributed by atoms with Crippen molar-refractivity contribution in [3.63, 3.8) is 0 Å². The number of nitrogens with two attached hydrogens (primary N) is 1. The van der Waals surface area contributed by atoms with Crippen LogP contribution in [0, 0.1) is 22.6 Å². The average molecular weight is 625 g/mol. The summed E-state index contributed by atoms with van der Waals surface area (Å²) in [5.41, 5.74) is 6.99. The Bertz CT molecular complexity index is 1790. The number of nitrogen functional groups attached to an aromatic ring is 1. The fourth-order valence-electron chi connectivity index (χ4n) is 6.28. The summed E-state index contributed by atoms with van der Waals surface area (Å²) in [5, 5.41) is 15.2. The van der Waals surface area contributed by atoms with Gasteiger partial charge in [0, 0.05) is 37.8 Å². The molecule has 6 rings (SSSR count). The molecule has 0 aliphatic carbocycles. The standard InChI is InChI=1S/C34H37FN8O3/c1-34(2,21-41-13-15-45-16-14-41)18-23(19-36)33(44)42-12-6-7-24(42)20-43-32-29(31(37)38-22-39-32)30(40-43)27-11-10-26(17-28(27)35)46-25-8-4-3-5-9-25/h3-5,8-11,17-18,22,24H,6-7,12-16,20-21H2,1-2H3,(H2,37,38,39). The summed E-state index contributed by atoms with van der Waals surface area (Å²) in [5.74, 6) is 0.268. The van der Waals surface area contributed by atoms with Gasteiger partial charge < -0.3 is 20.1 Å². The Hall–Kier alpha value is -4.86. The van der Waals surface area contributed by atoms with Gasteiger partial charge in [0.1, 0.15) is 46.8 Å². The minimum atomic E-state index is -0.538. The summed E-state index contributed by atoms with van der Waals surface area (Å²) in [6.45, 7) is 8.62. The summed E-state index contributed by atoms with van der Waals surface area (Å²) < 4.78 is 28.5. The maximum atomic E-state index is 15.6. The number of morpholine rings is 1. The van der Waals surface area contributed by atoms with E-state index in [2.05, 4.69) is 20.9 Å². The number of fused-ring (bicyclic) bond motifs is 1. The summed E-state index contributed by atoms with van der Waals surface area (Å²) in [6, 6.07) is 15.6. The molecule has 2 aliphatic rings. The van der Waals surface area contributed by atoms with Crippen molar-refractivity contribution >= 4 is 22.8 Å². The van der Waals surface area contributed by atoms with Crippen LogP contribution in [-0.2, 0) is 16.1 Å². The van der Waals surface area contributed by atoms with Crippen LogP contribution in [0.2, 0.25) is 0 Å². The number of anilines is 1. The summed E-state index contributed by atoms with van der Waals surface area (Å²) in [7, 11) is 0. The molecule has 2 aliphatic heterocycles. The first-order valence-corrected chi connectivity index (χ1v) is 15.5. The van der Waals surface area contributed by atoms with Crippen LogP contribution in [0.4, 0.5) is 10.2 Å². The van der Waals surface area contributed by atoms with E-state index >= 15 is 4.39 Å². The Kier molecular flexibility index (Phi) is 8.96. The number of hydrogen-bond donors (Lipinski definition) is 1. The first kappa shape index (κ1) is 31.1. The van der Waals surface area contributed by atoms with Gasteiger partial charge in [-0.15, -0.1) is 0 Å². The molecule has 238 valence electrons. The highest BCUT2D eigenvalue weighted by molar-refractivity contribution is 5.99. The summed E-state index contributed by atoms with van der Waals surface area (Å²) in [4.78, 5) is 26.4. The lowest BCUT2D eigenvalue weighted by Gasteiger charge is -2.33. The predicted molar refractivity (Wildman–Crippen MR) is 171 cm³/mol. The van der Waals surface area contributed by atoms with Crippen molar-refractivity contribution in [1.82, 2.24) is 29.5 Å². The van der Waals surface area contributed by atoms with Crippen LogP contribution in [0.15, 0.2) is 66.5 Å². The SMILES string of the molecule is CC(C)(C=C(C#N)C(=O)N1CCCC1Cn1nc(-c2ccc(Oc3ccccc3)cc2F)c2c(N)ncnc21)CN1CCOCC1. The maximum absolute atomic E-state index is 15.6. The number of amides is 1. The van der Waals surface area contributed by atoms with E-state index in [1.807, 2.05) is 32.0 Å². The zero-order valence-electron chi connectivity index (χ0n) is 26.0. The van der Waals surface area contributed by atoms with Crippen LogP contribution < -0.4 is 10.5 Å². The lowest BCUT2D eigenvalue weighted by molar-refractivity contribution is -0.127. The molecule has 1 unspecified atom stereocenters. The molecule has 12 heteroatoms. The van der Waals surface area contributed by atoms with E-state index in [9.17, 15) is 10.1 Å². The molecule has 0 saturated carbocycles. The Morgan fingerprint density at radius 2 is 1.93 bits per heavy atom. The van der Waals surface area contributed by atoms with Crippen molar-refractivity contribution in [2.75, 3.05) is 45.1 Å². The van der Waals surface area contributed by atoms with Crippen molar-refractivity contribution in [3.8, 4) is 28.8 Å². The van der Waals surface area contributed by atoms with E-state index in [1.54, 1.807) is 39.9 Å². The molecular weight excluding hydrogens is 587 g/mol. The highest BCUT2D eigenvalue weighted by atomic mass is 19.1. The molecule has 46 heavy (non-hydrogen) atoms. The normalized spacial score (nSPS) is 17.7. The Balaban J connectivity index is 1.25. The second kappa shape index (κ2) is 13.2. The van der Waals surface area contributed by atoms with Gasteiger partial charge in [-0.25, -0.2) is 19.0 Å². The third kappa shape index (κ3) is 6.71. The molecule has 0 spiro atoms. The van der Waals surface area contributed by atoms with E-state index in [0.717, 1.165) is 32.5 Å². The lowest BCUT2D eigenvalue weighted by Crippen LogP contribution is -2.42. The van der Waals surface area contributed by atoms with Crippen LogP contribution in [0.1, 0.15) is 26.7 Å². The molecule has 2 saturated heterocycles. The van der Waals surface area contributed by atoms with Crippen molar-refractivity contribution in [2.24, 2.45) is 5.41 Å². The molecule has 4 aromatic rings. The van der Waals surface area contributed by atoms with Crippen LogP contribution in [-0.4, -0.2) is 80.9 Å². The number of nitriles is 1. The molecule has 2 aromatic heterocycles. The maximum Gasteiger partial charge on any atom is 0.264 e. The number of para-hydroxylation sites is 1. The van der Waals surface area contributed by atoms with Crippen LogP contribution >= 0.6 is 0 Å². The monoisotopic (exact) mass is 624 g/mol. The van der Waals surface area contributed by atoms with Gasteiger partial charge in [0.2, 0.25) is 0 Å². The molecule has 11 nitrogen and oxygen atoms in total. The molecular formula is C34H37FN8O3. The molecule has 2 aromatic carbocycles. The van der Waals surface area contributed by atoms with Crippen molar-refractivity contribution in [3.05, 3.63) is 72.3 Å². The summed E-state index contributed by atoms with van der Waals surface area (Å²) in [6.07, 6.45) is 4.65. The van der Waals surface area contributed by atoms with Gasteiger partial charge in [-0.05, 0) is 42.5 Å². The Morgan fingerprint density at radius 3 is 2.67 bits per heavy atom. The number of benzene rings is 2. The number of carbonyl (C=O) groups excluding carboxylic acids is 1. The van der Waals surface area contributed by atoms with Crippen molar-refractivity contribution in [1.29, 1.82) is 5.26 Å². The molecule has 2 fully saturated rings. The van der Waals surface area contributed by atoms with Gasteiger partial charge in [-0.3, -0.25) is 9.69 Å². The highest BCUT2D eigenvalue weighted by Crippen LogP contribution is 2.35. The van der Waals surface area contributed by atoms with E-state index < -0.39 is 5.82 Å². The third-order valence-electron chi connectivity index (χ3n) is 8.38. The van der Waals surface area contributed by atoms with Gasteiger partial charge in [-0.1, -0.05) is 38.1 Å². The van der Waals surface area contributed by atoms with Gasteiger partial charge >= 0.3 is 0 Å². The topological polar surface area (TPSA) is 135 Å². The number of hydrogen-bond acceptors (Lipinski definition) is 9. The number of carbonyl (C=O) groups is 1. The second-order valence-electron chi connectivity index (χ2n) is 12.4. The quantitative estimate of drug-likeness (QED) is 0.206. The van der Waals surface area contributed by atoms with Crippen molar-refractivity contribution < 1.29 is 18.7 Å². The zero-order valence-corrected chi connectivity index (χ0v) is 26.0. The van der Waals surface area contributed by atoms with E-state index in [0.29, 0.717) is 54.5 Å². The van der Waals surface area contributed by atoms with Crippen LogP contribution in [0.3, 0.4) is 0 Å². The van der Waals surface area contributed by atoms with Crippen LogP contribution in [0.5, 0.6) is 11.5 Å². The number of nitrogens with zero attached hydrogens (tertiary/aromatic N) is 7. The van der Waals surface area contributed by atoms with E-state index in [4.69, 9.17) is 20.3 Å². The number of likely N-dealkylation sites (tertiary alicyclic amines) is 1. The van der Waals surface area contributed by atoms with Crippen LogP contribution in [0.25, 0.3) is 22.3 Å². The molecule has 0 bridgehead atoms. The van der Waals surface area contributed by atoms with Gasteiger partial charge in [-0.2, -0.15) is 10.4 Å². The van der Waals surface area contributed by atoms with E-state index in [-0.39, 0.29) is 34.3 Å². The smallest absolute Gasteiger partial charge is 0.264 e. The third-order valence-corrected chi connectivity index (χ3v) is 8.38. The molecule has 0 radical (unpaired) electrons. The first-order chi connectivity index (χ1) is 22.2. The molecule has 2 N–H and O–H groups in total. The predicted octanol–water partition coefficient (Wildman–Crippen LogP) is 4.81. The minimum absolute atomic E-state index is 0.127.